The van der Waals surface area contributed by atoms with Gasteiger partial charge >= 0.3 is 0 Å². The Morgan fingerprint density at radius 3 is 2.50 bits per heavy atom. The van der Waals surface area contributed by atoms with E-state index in [-0.39, 0.29) is 0 Å². The minimum atomic E-state index is -2.07. The van der Waals surface area contributed by atoms with Gasteiger partial charge in [0.15, 0.2) is 0 Å². The Hall–Kier alpha value is -0.640. The Labute approximate surface area is 58.9 Å². The largest absolute Gasteiger partial charge is 0.383 e. The number of aliphatic hydroxyl groups excluding tert-OH is 1. The van der Waals surface area contributed by atoms with E-state index in [9.17, 15) is 0 Å². The summed E-state index contributed by atoms with van der Waals surface area (Å²) in [5.41, 5.74) is 0.350. The van der Waals surface area contributed by atoms with E-state index in [4.69, 9.17) is 15.3 Å². The standard InChI is InChI=1S/C7H10O3/c1-5-3-2-4-6(8)7(5,9)10/h2-4,6,8-10H,1H3/t6-/m0/s1. The van der Waals surface area contributed by atoms with Gasteiger partial charge in [-0.05, 0) is 12.5 Å². The van der Waals surface area contributed by atoms with E-state index in [1.165, 1.54) is 6.08 Å². The van der Waals surface area contributed by atoms with Gasteiger partial charge in [-0.3, -0.25) is 0 Å². The maximum atomic E-state index is 9.10. The molecule has 0 saturated heterocycles. The van der Waals surface area contributed by atoms with Crippen molar-refractivity contribution in [3.63, 3.8) is 0 Å². The second kappa shape index (κ2) is 2.20. The molecule has 0 aliphatic heterocycles. The molecule has 0 bridgehead atoms. The van der Waals surface area contributed by atoms with E-state index in [0.29, 0.717) is 5.57 Å². The summed E-state index contributed by atoms with van der Waals surface area (Å²) in [5.74, 6) is -2.07. The van der Waals surface area contributed by atoms with Gasteiger partial charge in [0.1, 0.15) is 6.10 Å². The molecular formula is C7H10O3. The first-order valence-corrected chi connectivity index (χ1v) is 3.03. The lowest BCUT2D eigenvalue weighted by Crippen LogP contribution is -2.43. The zero-order valence-electron chi connectivity index (χ0n) is 5.65. The average molecular weight is 142 g/mol. The summed E-state index contributed by atoms with van der Waals surface area (Å²) in [6.07, 6.45) is 3.25. The van der Waals surface area contributed by atoms with Crippen molar-refractivity contribution in [1.82, 2.24) is 0 Å². The van der Waals surface area contributed by atoms with Crippen molar-refractivity contribution < 1.29 is 15.3 Å². The monoisotopic (exact) mass is 142 g/mol. The number of hydrogen-bond donors (Lipinski definition) is 3. The highest BCUT2D eigenvalue weighted by atomic mass is 16.5. The topological polar surface area (TPSA) is 60.7 Å². The minimum absolute atomic E-state index is 0.350. The fraction of sp³-hybridized carbons (Fsp3) is 0.429. The fourth-order valence-electron chi connectivity index (χ4n) is 0.795. The molecule has 0 saturated carbocycles. The lowest BCUT2D eigenvalue weighted by atomic mass is 9.97. The van der Waals surface area contributed by atoms with Gasteiger partial charge in [0.2, 0.25) is 5.79 Å². The molecule has 0 spiro atoms. The van der Waals surface area contributed by atoms with Gasteiger partial charge in [-0.2, -0.15) is 0 Å². The molecule has 3 nitrogen and oxygen atoms in total. The average Bonchev–Trinajstić information content (AvgIpc) is 1.84. The number of rotatable bonds is 0. The normalized spacial score (nSPS) is 30.0. The Morgan fingerprint density at radius 1 is 1.50 bits per heavy atom. The minimum Gasteiger partial charge on any atom is -0.383 e. The van der Waals surface area contributed by atoms with Gasteiger partial charge in [0.05, 0.1) is 0 Å². The van der Waals surface area contributed by atoms with Crippen molar-refractivity contribution in [2.45, 2.75) is 18.8 Å². The van der Waals surface area contributed by atoms with Crippen LogP contribution in [0, 0.1) is 0 Å². The third-order valence-electron chi connectivity index (χ3n) is 1.63. The van der Waals surface area contributed by atoms with Crippen molar-refractivity contribution in [2.24, 2.45) is 0 Å². The van der Waals surface area contributed by atoms with E-state index in [0.717, 1.165) is 0 Å². The van der Waals surface area contributed by atoms with Crippen LogP contribution in [0.25, 0.3) is 0 Å². The first-order chi connectivity index (χ1) is 4.55. The molecule has 1 aliphatic carbocycles. The summed E-state index contributed by atoms with van der Waals surface area (Å²) >= 11 is 0. The van der Waals surface area contributed by atoms with Crippen molar-refractivity contribution in [2.75, 3.05) is 0 Å². The van der Waals surface area contributed by atoms with Gasteiger partial charge in [-0.25, -0.2) is 0 Å². The summed E-state index contributed by atoms with van der Waals surface area (Å²) in [6.45, 7) is 1.55. The molecule has 0 aromatic carbocycles. The third kappa shape index (κ3) is 0.988. The third-order valence-corrected chi connectivity index (χ3v) is 1.63. The van der Waals surface area contributed by atoms with Crippen LogP contribution in [-0.4, -0.2) is 27.2 Å². The quantitative estimate of drug-likeness (QED) is 0.401. The fourth-order valence-corrected chi connectivity index (χ4v) is 0.795. The van der Waals surface area contributed by atoms with Crippen LogP contribution in [0.5, 0.6) is 0 Å². The van der Waals surface area contributed by atoms with Crippen molar-refractivity contribution >= 4 is 0 Å². The van der Waals surface area contributed by atoms with Crippen molar-refractivity contribution in [3.8, 4) is 0 Å². The van der Waals surface area contributed by atoms with Gasteiger partial charge in [0, 0.05) is 0 Å². The zero-order chi connectivity index (χ0) is 7.78. The van der Waals surface area contributed by atoms with E-state index in [2.05, 4.69) is 0 Å². The summed E-state index contributed by atoms with van der Waals surface area (Å²) in [7, 11) is 0. The van der Waals surface area contributed by atoms with Crippen LogP contribution in [0.4, 0.5) is 0 Å². The molecule has 56 valence electrons. The molecule has 0 amide bonds. The Bertz CT molecular complexity index is 191. The summed E-state index contributed by atoms with van der Waals surface area (Å²) < 4.78 is 0. The second-order valence-electron chi connectivity index (χ2n) is 2.41. The molecule has 1 atom stereocenters. The van der Waals surface area contributed by atoms with Crippen LogP contribution in [0.2, 0.25) is 0 Å². The number of hydrogen-bond acceptors (Lipinski definition) is 3. The van der Waals surface area contributed by atoms with Crippen LogP contribution in [0.3, 0.4) is 0 Å². The van der Waals surface area contributed by atoms with Gasteiger partial charge in [0.25, 0.3) is 0 Å². The lowest BCUT2D eigenvalue weighted by molar-refractivity contribution is -0.182. The molecule has 0 radical (unpaired) electrons. The number of allylic oxidation sites excluding steroid dienone is 2. The highest BCUT2D eigenvalue weighted by molar-refractivity contribution is 5.26. The molecule has 3 heteroatoms. The van der Waals surface area contributed by atoms with E-state index >= 15 is 0 Å². The van der Waals surface area contributed by atoms with Crippen LogP contribution in [-0.2, 0) is 0 Å². The number of aliphatic hydroxyl groups is 3. The zero-order valence-corrected chi connectivity index (χ0v) is 5.65. The van der Waals surface area contributed by atoms with Crippen LogP contribution >= 0.6 is 0 Å². The molecule has 1 rings (SSSR count). The second-order valence-corrected chi connectivity index (χ2v) is 2.41. The lowest BCUT2D eigenvalue weighted by Gasteiger charge is -2.28. The smallest absolute Gasteiger partial charge is 0.216 e. The molecule has 3 N–H and O–H groups in total. The predicted octanol–water partition coefficient (Wildman–Crippen LogP) is -0.456. The maximum absolute atomic E-state index is 9.10. The van der Waals surface area contributed by atoms with E-state index in [1.807, 2.05) is 0 Å². The van der Waals surface area contributed by atoms with Crippen molar-refractivity contribution in [3.05, 3.63) is 23.8 Å². The molecule has 0 heterocycles. The molecule has 0 aromatic heterocycles. The first kappa shape index (κ1) is 7.47. The predicted molar refractivity (Wildman–Crippen MR) is 36.1 cm³/mol. The van der Waals surface area contributed by atoms with Crippen LogP contribution in [0.15, 0.2) is 23.8 Å². The Balaban J connectivity index is 2.93. The highest BCUT2D eigenvalue weighted by Crippen LogP contribution is 2.21. The van der Waals surface area contributed by atoms with Crippen molar-refractivity contribution in [1.29, 1.82) is 0 Å². The molecule has 1 aliphatic rings. The van der Waals surface area contributed by atoms with Gasteiger partial charge in [-0.1, -0.05) is 18.2 Å². The summed E-state index contributed by atoms with van der Waals surface area (Å²) in [5, 5.41) is 27.2. The molecular weight excluding hydrogens is 132 g/mol. The van der Waals surface area contributed by atoms with E-state index in [1.54, 1.807) is 19.1 Å². The van der Waals surface area contributed by atoms with E-state index < -0.39 is 11.9 Å². The molecule has 0 fully saturated rings. The van der Waals surface area contributed by atoms with Gasteiger partial charge < -0.3 is 15.3 Å². The molecule has 10 heavy (non-hydrogen) atoms. The maximum Gasteiger partial charge on any atom is 0.216 e. The molecule has 0 unspecified atom stereocenters. The summed E-state index contributed by atoms with van der Waals surface area (Å²) in [6, 6.07) is 0. The first-order valence-electron chi connectivity index (χ1n) is 3.03. The molecule has 0 aromatic rings. The SMILES string of the molecule is CC1=CC=C[C@H](O)C1(O)O. The highest BCUT2D eigenvalue weighted by Gasteiger charge is 2.34. The van der Waals surface area contributed by atoms with Gasteiger partial charge in [-0.15, -0.1) is 0 Å². The summed E-state index contributed by atoms with van der Waals surface area (Å²) in [4.78, 5) is 0. The van der Waals surface area contributed by atoms with Crippen LogP contribution < -0.4 is 0 Å². The Kier molecular flexibility index (Phi) is 1.64. The van der Waals surface area contributed by atoms with Crippen LogP contribution in [0.1, 0.15) is 6.92 Å². The Morgan fingerprint density at radius 2 is 2.10 bits per heavy atom.